The molecule has 4 rings (SSSR count). The molecule has 0 fully saturated rings. The van der Waals surface area contributed by atoms with Crippen molar-refractivity contribution in [1.82, 2.24) is 5.43 Å². The fraction of sp³-hybridized carbons (Fsp3) is 0.130. The third-order valence-electron chi connectivity index (χ3n) is 4.80. The number of fused-ring (bicyclic) bond motifs is 1. The first kappa shape index (κ1) is 23.1. The van der Waals surface area contributed by atoms with Gasteiger partial charge in [-0.15, -0.1) is 0 Å². The summed E-state index contributed by atoms with van der Waals surface area (Å²) in [4.78, 5) is 22.7. The molecule has 0 atom stereocenters. The summed E-state index contributed by atoms with van der Waals surface area (Å²) >= 11 is 3.46. The van der Waals surface area contributed by atoms with E-state index in [1.54, 1.807) is 42.5 Å². The summed E-state index contributed by atoms with van der Waals surface area (Å²) in [6, 6.07) is 14.4. The number of hydrogen-bond donors (Lipinski definition) is 1. The van der Waals surface area contributed by atoms with Crippen LogP contribution in [0.5, 0.6) is 23.0 Å². The minimum Gasteiger partial charge on any atom is -0.493 e. The van der Waals surface area contributed by atoms with Gasteiger partial charge in [0, 0.05) is 17.7 Å². The Hall–Kier alpha value is -4.12. The van der Waals surface area contributed by atoms with E-state index in [2.05, 4.69) is 26.5 Å². The van der Waals surface area contributed by atoms with Crippen molar-refractivity contribution in [3.05, 3.63) is 85.9 Å². The van der Waals surface area contributed by atoms with Crippen molar-refractivity contribution in [2.45, 2.75) is 6.61 Å². The second-order valence-corrected chi connectivity index (χ2v) is 7.87. The fourth-order valence-electron chi connectivity index (χ4n) is 3.09. The number of nitrogens with zero attached hydrogens (tertiary/aromatic N) is 2. The number of ether oxygens (including phenoxy) is 4. The summed E-state index contributed by atoms with van der Waals surface area (Å²) < 4.78 is 22.4. The summed E-state index contributed by atoms with van der Waals surface area (Å²) in [6.07, 6.45) is 1.47. The molecule has 1 amide bonds. The van der Waals surface area contributed by atoms with Crippen LogP contribution in [0.25, 0.3) is 0 Å². The molecule has 0 bridgehead atoms. The van der Waals surface area contributed by atoms with Crippen LogP contribution >= 0.6 is 15.9 Å². The number of carbonyl (C=O) groups excluding carboxylic acids is 1. The van der Waals surface area contributed by atoms with Crippen molar-refractivity contribution < 1.29 is 28.7 Å². The Kier molecular flexibility index (Phi) is 6.93. The number of halogens is 1. The lowest BCUT2D eigenvalue weighted by atomic mass is 10.2. The SMILES string of the molecule is COc1cc(C=NNC(=O)c2ccc3c(c2)OCO3)cc(Br)c1OCc1ccc([N+](=O)[O-])cc1. The van der Waals surface area contributed by atoms with Crippen LogP contribution in [-0.4, -0.2) is 30.9 Å². The average Bonchev–Trinajstić information content (AvgIpc) is 3.31. The van der Waals surface area contributed by atoms with E-state index >= 15 is 0 Å². The normalized spacial score (nSPS) is 11.9. The van der Waals surface area contributed by atoms with Gasteiger partial charge >= 0.3 is 0 Å². The monoisotopic (exact) mass is 527 g/mol. The average molecular weight is 528 g/mol. The molecule has 1 aliphatic heterocycles. The van der Waals surface area contributed by atoms with E-state index < -0.39 is 10.8 Å². The van der Waals surface area contributed by atoms with E-state index in [0.717, 1.165) is 5.56 Å². The number of non-ortho nitro benzene ring substituents is 1. The van der Waals surface area contributed by atoms with Gasteiger partial charge in [-0.25, -0.2) is 5.43 Å². The Balaban J connectivity index is 1.41. The molecular formula is C23H18BrN3O7. The summed E-state index contributed by atoms with van der Waals surface area (Å²) in [5.41, 5.74) is 4.27. The lowest BCUT2D eigenvalue weighted by molar-refractivity contribution is -0.384. The fourth-order valence-corrected chi connectivity index (χ4v) is 3.67. The Bertz CT molecular complexity index is 1260. The molecule has 0 spiro atoms. The van der Waals surface area contributed by atoms with Crippen molar-refractivity contribution in [3.63, 3.8) is 0 Å². The van der Waals surface area contributed by atoms with Crippen molar-refractivity contribution >= 4 is 33.7 Å². The molecule has 0 aliphatic carbocycles. The van der Waals surface area contributed by atoms with Crippen LogP contribution in [0.3, 0.4) is 0 Å². The van der Waals surface area contributed by atoms with E-state index in [9.17, 15) is 14.9 Å². The van der Waals surface area contributed by atoms with Gasteiger partial charge in [-0.1, -0.05) is 0 Å². The lowest BCUT2D eigenvalue weighted by Crippen LogP contribution is -2.17. The van der Waals surface area contributed by atoms with E-state index in [4.69, 9.17) is 18.9 Å². The van der Waals surface area contributed by atoms with Crippen LogP contribution < -0.4 is 24.4 Å². The molecular weight excluding hydrogens is 510 g/mol. The number of benzene rings is 3. The highest BCUT2D eigenvalue weighted by Gasteiger charge is 2.16. The molecule has 3 aromatic carbocycles. The number of hydrazone groups is 1. The van der Waals surface area contributed by atoms with Gasteiger partial charge in [-0.05, 0) is 69.5 Å². The number of carbonyl (C=O) groups is 1. The van der Waals surface area contributed by atoms with Crippen LogP contribution in [0.4, 0.5) is 5.69 Å². The van der Waals surface area contributed by atoms with E-state index in [0.29, 0.717) is 38.6 Å². The van der Waals surface area contributed by atoms with Gasteiger partial charge in [0.1, 0.15) is 6.61 Å². The first-order valence-electron chi connectivity index (χ1n) is 9.91. The zero-order valence-electron chi connectivity index (χ0n) is 17.8. The van der Waals surface area contributed by atoms with Crippen LogP contribution in [0.15, 0.2) is 64.2 Å². The maximum Gasteiger partial charge on any atom is 0.271 e. The van der Waals surface area contributed by atoms with Crippen molar-refractivity contribution in [2.24, 2.45) is 5.10 Å². The Morgan fingerprint density at radius 2 is 1.94 bits per heavy atom. The Morgan fingerprint density at radius 1 is 1.18 bits per heavy atom. The molecule has 174 valence electrons. The number of nitro benzene ring substituents is 1. The second-order valence-electron chi connectivity index (χ2n) is 7.01. The predicted octanol–water partition coefficient (Wildman–Crippen LogP) is 4.44. The molecule has 0 unspecified atom stereocenters. The van der Waals surface area contributed by atoms with Gasteiger partial charge in [0.15, 0.2) is 23.0 Å². The number of amides is 1. The molecule has 10 nitrogen and oxygen atoms in total. The minimum atomic E-state index is -0.456. The van der Waals surface area contributed by atoms with E-state index in [-0.39, 0.29) is 19.1 Å². The van der Waals surface area contributed by atoms with Crippen molar-refractivity contribution in [1.29, 1.82) is 0 Å². The topological polar surface area (TPSA) is 122 Å². The number of methoxy groups -OCH3 is 1. The lowest BCUT2D eigenvalue weighted by Gasteiger charge is -2.13. The van der Waals surface area contributed by atoms with Crippen LogP contribution in [0.2, 0.25) is 0 Å². The molecule has 0 saturated carbocycles. The van der Waals surface area contributed by atoms with Crippen molar-refractivity contribution in [2.75, 3.05) is 13.9 Å². The van der Waals surface area contributed by atoms with Gasteiger partial charge in [0.05, 0.1) is 22.7 Å². The van der Waals surface area contributed by atoms with Gasteiger partial charge in [0.25, 0.3) is 11.6 Å². The predicted molar refractivity (Wildman–Crippen MR) is 126 cm³/mol. The maximum atomic E-state index is 12.3. The molecule has 34 heavy (non-hydrogen) atoms. The van der Waals surface area contributed by atoms with Crippen LogP contribution in [-0.2, 0) is 6.61 Å². The Morgan fingerprint density at radius 3 is 2.68 bits per heavy atom. The number of hydrogen-bond acceptors (Lipinski definition) is 8. The molecule has 3 aromatic rings. The largest absolute Gasteiger partial charge is 0.493 e. The third-order valence-corrected chi connectivity index (χ3v) is 5.39. The zero-order valence-corrected chi connectivity index (χ0v) is 19.4. The summed E-state index contributed by atoms with van der Waals surface area (Å²) in [7, 11) is 1.50. The molecule has 1 aliphatic rings. The third kappa shape index (κ3) is 5.26. The number of nitro groups is 1. The maximum absolute atomic E-state index is 12.3. The molecule has 1 heterocycles. The quantitative estimate of drug-likeness (QED) is 0.261. The molecule has 0 saturated heterocycles. The van der Waals surface area contributed by atoms with Crippen molar-refractivity contribution in [3.8, 4) is 23.0 Å². The van der Waals surface area contributed by atoms with Crippen LogP contribution in [0.1, 0.15) is 21.5 Å². The number of rotatable bonds is 8. The highest BCUT2D eigenvalue weighted by atomic mass is 79.9. The zero-order chi connectivity index (χ0) is 24.1. The molecule has 1 N–H and O–H groups in total. The van der Waals surface area contributed by atoms with Gasteiger partial charge in [0.2, 0.25) is 6.79 Å². The minimum absolute atomic E-state index is 0.0109. The van der Waals surface area contributed by atoms with Gasteiger partial charge in [-0.2, -0.15) is 5.10 Å². The first-order chi connectivity index (χ1) is 16.4. The second kappa shape index (κ2) is 10.2. The highest BCUT2D eigenvalue weighted by Crippen LogP contribution is 2.37. The number of nitrogens with one attached hydrogen (secondary N) is 1. The van der Waals surface area contributed by atoms with E-state index in [1.807, 2.05) is 0 Å². The molecule has 0 aromatic heterocycles. The standard InChI is InChI=1S/C23H18BrN3O7/c1-31-21-9-15(11-25-26-23(28)16-4-7-19-20(10-16)34-13-33-19)8-18(24)22(21)32-12-14-2-5-17(6-3-14)27(29)30/h2-11H,12-13H2,1H3,(H,26,28). The van der Waals surface area contributed by atoms with E-state index in [1.165, 1.54) is 25.5 Å². The molecule has 0 radical (unpaired) electrons. The van der Waals surface area contributed by atoms with Gasteiger partial charge in [-0.3, -0.25) is 14.9 Å². The van der Waals surface area contributed by atoms with Crippen LogP contribution in [0, 0.1) is 10.1 Å². The highest BCUT2D eigenvalue weighted by molar-refractivity contribution is 9.10. The molecule has 11 heteroatoms. The Labute approximate surface area is 202 Å². The summed E-state index contributed by atoms with van der Waals surface area (Å²) in [6.45, 7) is 0.314. The summed E-state index contributed by atoms with van der Waals surface area (Å²) in [5, 5.41) is 14.8. The smallest absolute Gasteiger partial charge is 0.271 e. The van der Waals surface area contributed by atoms with Gasteiger partial charge < -0.3 is 18.9 Å². The first-order valence-corrected chi connectivity index (χ1v) is 10.7. The summed E-state index contributed by atoms with van der Waals surface area (Å²) in [5.74, 6) is 1.60.